The summed E-state index contributed by atoms with van der Waals surface area (Å²) < 4.78 is 18.1. The van der Waals surface area contributed by atoms with Gasteiger partial charge in [0.1, 0.15) is 11.6 Å². The van der Waals surface area contributed by atoms with E-state index in [9.17, 15) is 9.18 Å². The first kappa shape index (κ1) is 13.5. The van der Waals surface area contributed by atoms with Crippen molar-refractivity contribution in [2.45, 2.75) is 18.9 Å². The molecule has 1 aliphatic heterocycles. The number of hydrogen-bond acceptors (Lipinski definition) is 3. The molecule has 1 N–H and O–H groups in total. The molecule has 98 valence electrons. The summed E-state index contributed by atoms with van der Waals surface area (Å²) >= 11 is 5.88. The summed E-state index contributed by atoms with van der Waals surface area (Å²) in [6.45, 7) is 2.02. The van der Waals surface area contributed by atoms with Crippen LogP contribution in [0.4, 0.5) is 4.39 Å². The van der Waals surface area contributed by atoms with E-state index in [2.05, 4.69) is 5.32 Å². The lowest BCUT2D eigenvalue weighted by Gasteiger charge is -2.23. The largest absolute Gasteiger partial charge is 0.379 e. The molecule has 1 atom stereocenters. The molecule has 1 saturated heterocycles. The number of rotatable bonds is 4. The number of carbonyl (C=O) groups is 1. The summed E-state index contributed by atoms with van der Waals surface area (Å²) in [6.07, 6.45) is 0.644. The van der Waals surface area contributed by atoms with Gasteiger partial charge in [-0.1, -0.05) is 17.7 Å². The minimum absolute atomic E-state index is 0.0745. The van der Waals surface area contributed by atoms with Crippen molar-refractivity contribution in [2.24, 2.45) is 0 Å². The van der Waals surface area contributed by atoms with Gasteiger partial charge in [0.2, 0.25) is 0 Å². The van der Waals surface area contributed by atoms with E-state index in [0.717, 1.165) is 6.54 Å². The zero-order chi connectivity index (χ0) is 13.0. The number of ether oxygens (including phenoxy) is 1. The molecular formula is C13H15ClFNO2. The fourth-order valence-corrected chi connectivity index (χ4v) is 2.21. The topological polar surface area (TPSA) is 38.3 Å². The Bertz CT molecular complexity index is 433. The van der Waals surface area contributed by atoms with E-state index in [0.29, 0.717) is 30.2 Å². The summed E-state index contributed by atoms with van der Waals surface area (Å²) in [5.41, 5.74) is 0.666. The van der Waals surface area contributed by atoms with Crippen molar-refractivity contribution in [1.82, 2.24) is 5.32 Å². The van der Waals surface area contributed by atoms with Gasteiger partial charge in [0.25, 0.3) is 0 Å². The second kappa shape index (κ2) is 6.27. The number of benzene rings is 1. The van der Waals surface area contributed by atoms with Gasteiger partial charge in [-0.05, 0) is 17.7 Å². The minimum atomic E-state index is -0.390. The van der Waals surface area contributed by atoms with E-state index < -0.39 is 5.82 Å². The summed E-state index contributed by atoms with van der Waals surface area (Å²) in [6, 6.07) is 4.17. The molecule has 1 aliphatic rings. The zero-order valence-corrected chi connectivity index (χ0v) is 10.7. The van der Waals surface area contributed by atoms with Crippen LogP contribution in [0.15, 0.2) is 18.2 Å². The van der Waals surface area contributed by atoms with Gasteiger partial charge in [-0.25, -0.2) is 4.39 Å². The molecule has 0 amide bonds. The van der Waals surface area contributed by atoms with Gasteiger partial charge in [0.05, 0.1) is 13.2 Å². The monoisotopic (exact) mass is 271 g/mol. The van der Waals surface area contributed by atoms with Gasteiger partial charge in [0.15, 0.2) is 0 Å². The number of nitrogens with one attached hydrogen (secondary N) is 1. The lowest BCUT2D eigenvalue weighted by molar-refractivity contribution is -0.119. The highest BCUT2D eigenvalue weighted by atomic mass is 35.5. The third-order valence-corrected chi connectivity index (χ3v) is 3.23. The smallest absolute Gasteiger partial charge is 0.138 e. The molecule has 5 heteroatoms. The van der Waals surface area contributed by atoms with Crippen LogP contribution in [0, 0.1) is 5.82 Å². The molecule has 18 heavy (non-hydrogen) atoms. The maximum Gasteiger partial charge on any atom is 0.138 e. The normalized spacial score (nSPS) is 19.8. The Kier molecular flexibility index (Phi) is 4.69. The van der Waals surface area contributed by atoms with Crippen LogP contribution < -0.4 is 5.32 Å². The third kappa shape index (κ3) is 3.77. The molecular weight excluding hydrogens is 257 g/mol. The average Bonchev–Trinajstić information content (AvgIpc) is 2.34. The maximum absolute atomic E-state index is 12.9. The Morgan fingerprint density at radius 1 is 1.56 bits per heavy atom. The highest BCUT2D eigenvalue weighted by Crippen LogP contribution is 2.18. The average molecular weight is 272 g/mol. The maximum atomic E-state index is 12.9. The molecule has 0 aliphatic carbocycles. The van der Waals surface area contributed by atoms with Crippen LogP contribution in [0.5, 0.6) is 0 Å². The minimum Gasteiger partial charge on any atom is -0.379 e. The van der Waals surface area contributed by atoms with Gasteiger partial charge in [-0.15, -0.1) is 0 Å². The summed E-state index contributed by atoms with van der Waals surface area (Å²) in [7, 11) is 0. The van der Waals surface area contributed by atoms with Crippen LogP contribution >= 0.6 is 11.6 Å². The zero-order valence-electron chi connectivity index (χ0n) is 9.92. The van der Waals surface area contributed by atoms with Gasteiger partial charge < -0.3 is 10.1 Å². The van der Waals surface area contributed by atoms with Crippen molar-refractivity contribution in [3.63, 3.8) is 0 Å². The lowest BCUT2D eigenvalue weighted by atomic mass is 10.0. The van der Waals surface area contributed by atoms with Crippen LogP contribution in [0.3, 0.4) is 0 Å². The number of ketones is 1. The Hall–Kier alpha value is -0.970. The van der Waals surface area contributed by atoms with E-state index in [1.54, 1.807) is 6.07 Å². The van der Waals surface area contributed by atoms with Crippen molar-refractivity contribution in [3.8, 4) is 0 Å². The quantitative estimate of drug-likeness (QED) is 0.910. The molecule has 0 aromatic heterocycles. The van der Waals surface area contributed by atoms with Crippen molar-refractivity contribution in [2.75, 3.05) is 19.8 Å². The number of Topliss-reactive ketones (excluding diaryl/α,β-unsaturated/α-hetero) is 1. The molecule has 0 bridgehead atoms. The predicted molar refractivity (Wildman–Crippen MR) is 67.3 cm³/mol. The van der Waals surface area contributed by atoms with E-state index in [-0.39, 0.29) is 18.2 Å². The molecule has 1 heterocycles. The second-order valence-corrected chi connectivity index (χ2v) is 4.79. The fraction of sp³-hybridized carbons (Fsp3) is 0.462. The molecule has 1 aromatic carbocycles. The highest BCUT2D eigenvalue weighted by Gasteiger charge is 2.17. The van der Waals surface area contributed by atoms with Crippen LogP contribution in [-0.2, 0) is 16.0 Å². The first-order valence-corrected chi connectivity index (χ1v) is 6.29. The molecule has 0 spiro atoms. The number of halogens is 2. The van der Waals surface area contributed by atoms with Crippen molar-refractivity contribution in [3.05, 3.63) is 34.6 Å². The van der Waals surface area contributed by atoms with Gasteiger partial charge in [-0.3, -0.25) is 4.79 Å². The van der Waals surface area contributed by atoms with Crippen LogP contribution in [-0.4, -0.2) is 31.6 Å². The van der Waals surface area contributed by atoms with Crippen LogP contribution in [0.1, 0.15) is 12.0 Å². The second-order valence-electron chi connectivity index (χ2n) is 4.38. The number of carbonyl (C=O) groups excluding carboxylic acids is 1. The Labute approximate surface area is 110 Å². The third-order valence-electron chi connectivity index (χ3n) is 2.88. The number of hydrogen-bond donors (Lipinski definition) is 1. The highest BCUT2D eigenvalue weighted by molar-refractivity contribution is 6.31. The van der Waals surface area contributed by atoms with E-state index in [1.165, 1.54) is 12.1 Å². The van der Waals surface area contributed by atoms with E-state index >= 15 is 0 Å². The lowest BCUT2D eigenvalue weighted by Crippen LogP contribution is -2.42. The van der Waals surface area contributed by atoms with Crippen LogP contribution in [0.25, 0.3) is 0 Å². The van der Waals surface area contributed by atoms with E-state index in [4.69, 9.17) is 16.3 Å². The Morgan fingerprint density at radius 2 is 2.39 bits per heavy atom. The molecule has 1 aromatic rings. The first-order chi connectivity index (χ1) is 8.65. The van der Waals surface area contributed by atoms with Gasteiger partial charge >= 0.3 is 0 Å². The van der Waals surface area contributed by atoms with Crippen molar-refractivity contribution >= 4 is 17.4 Å². The standard InChI is InChI=1S/C13H15ClFNO2/c14-13-6-10(15)2-1-9(13)5-12(17)7-11-8-18-4-3-16-11/h1-2,6,11,16H,3-5,7-8H2. The molecule has 3 nitrogen and oxygen atoms in total. The summed E-state index contributed by atoms with van der Waals surface area (Å²) in [4.78, 5) is 11.9. The summed E-state index contributed by atoms with van der Waals surface area (Å²) in [5.74, 6) is -0.315. The van der Waals surface area contributed by atoms with E-state index in [1.807, 2.05) is 0 Å². The van der Waals surface area contributed by atoms with Gasteiger partial charge in [-0.2, -0.15) is 0 Å². The Balaban J connectivity index is 1.90. The van der Waals surface area contributed by atoms with Crippen LogP contribution in [0.2, 0.25) is 5.02 Å². The molecule has 1 fully saturated rings. The summed E-state index contributed by atoms with van der Waals surface area (Å²) in [5, 5.41) is 3.52. The molecule has 2 rings (SSSR count). The van der Waals surface area contributed by atoms with Gasteiger partial charge in [0, 0.05) is 30.5 Å². The first-order valence-electron chi connectivity index (χ1n) is 5.92. The predicted octanol–water partition coefficient (Wildman–Crippen LogP) is 1.97. The molecule has 0 saturated carbocycles. The Morgan fingerprint density at radius 3 is 3.06 bits per heavy atom. The molecule has 0 radical (unpaired) electrons. The number of morpholine rings is 1. The van der Waals surface area contributed by atoms with Crippen molar-refractivity contribution in [1.29, 1.82) is 0 Å². The fourth-order valence-electron chi connectivity index (χ4n) is 1.98. The molecule has 1 unspecified atom stereocenters. The van der Waals surface area contributed by atoms with Crippen molar-refractivity contribution < 1.29 is 13.9 Å². The SMILES string of the molecule is O=C(Cc1ccc(F)cc1Cl)CC1COCCN1.